The summed E-state index contributed by atoms with van der Waals surface area (Å²) in [6.07, 6.45) is 1.91. The molecule has 2 aromatic rings. The number of rotatable bonds is 9. The molecule has 4 rings (SSSR count). The predicted molar refractivity (Wildman–Crippen MR) is 121 cm³/mol. The lowest BCUT2D eigenvalue weighted by Gasteiger charge is -2.48. The number of anilines is 1. The monoisotopic (exact) mass is 508 g/mol. The maximum atomic E-state index is 13.0. The maximum Gasteiger partial charge on any atom is 0.352 e. The summed E-state index contributed by atoms with van der Waals surface area (Å²) in [7, 11) is 0. The van der Waals surface area contributed by atoms with Gasteiger partial charge in [0, 0.05) is 16.5 Å². The standard InChI is InChI=1S/C18H16N6O6S3/c1-8-20-9(5-32-8)4-30-23-12(10-6-33-18(21-10)19-7-25)14(26)22-13-15(27)24-11(17(28)29)2-3-31-16(13)24/h2,5-7,13,16H,3-4H2,1H3,(H,22,26)(H,28,29)(H,19,21,25)/t13?,16-/m1/s1. The van der Waals surface area contributed by atoms with E-state index in [1.807, 2.05) is 6.92 Å². The van der Waals surface area contributed by atoms with Gasteiger partial charge in [-0.25, -0.2) is 14.8 Å². The van der Waals surface area contributed by atoms with Crippen LogP contribution in [-0.4, -0.2) is 67.0 Å². The number of thioether (sulfide) groups is 1. The topological polar surface area (TPSA) is 163 Å². The van der Waals surface area contributed by atoms with Crippen molar-refractivity contribution in [2.24, 2.45) is 5.16 Å². The minimum Gasteiger partial charge on any atom is -0.477 e. The van der Waals surface area contributed by atoms with Crippen molar-refractivity contribution in [3.05, 3.63) is 38.9 Å². The van der Waals surface area contributed by atoms with E-state index in [9.17, 15) is 24.3 Å². The van der Waals surface area contributed by atoms with E-state index in [0.717, 1.165) is 21.2 Å². The number of oxime groups is 1. The molecular weight excluding hydrogens is 492 g/mol. The summed E-state index contributed by atoms with van der Waals surface area (Å²) in [5.74, 6) is -2.07. The van der Waals surface area contributed by atoms with Crippen molar-refractivity contribution >= 4 is 69.5 Å². The van der Waals surface area contributed by atoms with Gasteiger partial charge in [0.15, 0.2) is 17.5 Å². The second kappa shape index (κ2) is 9.68. The lowest BCUT2D eigenvalue weighted by atomic mass is 10.0. The van der Waals surface area contributed by atoms with Crippen molar-refractivity contribution in [1.82, 2.24) is 20.2 Å². The van der Waals surface area contributed by atoms with Gasteiger partial charge in [-0.3, -0.25) is 19.3 Å². The fraction of sp³-hybridized carbons (Fsp3) is 0.278. The molecule has 4 heterocycles. The van der Waals surface area contributed by atoms with Crippen LogP contribution in [0.2, 0.25) is 0 Å². The zero-order chi connectivity index (χ0) is 23.5. The van der Waals surface area contributed by atoms with Gasteiger partial charge in [-0.05, 0) is 13.0 Å². The Bertz CT molecular complexity index is 1170. The summed E-state index contributed by atoms with van der Waals surface area (Å²) in [6.45, 7) is 1.87. The van der Waals surface area contributed by atoms with Crippen molar-refractivity contribution in [2.45, 2.75) is 24.9 Å². The van der Waals surface area contributed by atoms with Crippen LogP contribution in [0.5, 0.6) is 0 Å². The van der Waals surface area contributed by atoms with E-state index in [2.05, 4.69) is 25.8 Å². The van der Waals surface area contributed by atoms with Gasteiger partial charge in [0.25, 0.3) is 11.8 Å². The molecule has 3 N–H and O–H groups in total. The highest BCUT2D eigenvalue weighted by atomic mass is 32.2. The summed E-state index contributed by atoms with van der Waals surface area (Å²) >= 11 is 3.86. The van der Waals surface area contributed by atoms with Gasteiger partial charge in [0.1, 0.15) is 22.8 Å². The number of β-lactam (4-membered cyclic amide) rings is 1. The van der Waals surface area contributed by atoms with Crippen LogP contribution in [0.25, 0.3) is 0 Å². The third-order valence-corrected chi connectivity index (χ3v) is 7.31. The number of aliphatic carboxylic acids is 1. The molecule has 0 aliphatic carbocycles. The molecule has 1 saturated heterocycles. The molecule has 0 aromatic carbocycles. The third-order valence-electron chi connectivity index (χ3n) is 4.53. The second-order valence-corrected chi connectivity index (χ2v) is 9.72. The van der Waals surface area contributed by atoms with Crippen LogP contribution in [-0.2, 0) is 30.6 Å². The van der Waals surface area contributed by atoms with Crippen LogP contribution in [0.1, 0.15) is 16.4 Å². The number of fused-ring (bicyclic) bond motifs is 1. The third kappa shape index (κ3) is 4.74. The highest BCUT2D eigenvalue weighted by molar-refractivity contribution is 8.00. The molecule has 2 atom stereocenters. The number of hydrogen-bond acceptors (Lipinski definition) is 11. The van der Waals surface area contributed by atoms with Crippen molar-refractivity contribution in [1.29, 1.82) is 0 Å². The minimum absolute atomic E-state index is 0.0199. The lowest BCUT2D eigenvalue weighted by molar-refractivity contribution is -0.150. The summed E-state index contributed by atoms with van der Waals surface area (Å²) in [6, 6.07) is -0.928. The van der Waals surface area contributed by atoms with Gasteiger partial charge in [-0.2, -0.15) is 0 Å². The largest absolute Gasteiger partial charge is 0.477 e. The number of carboxylic acid groups (broad SMARTS) is 1. The Hall–Kier alpha value is -3.30. The first-order chi connectivity index (χ1) is 15.9. The quantitative estimate of drug-likeness (QED) is 0.192. The molecule has 172 valence electrons. The molecular formula is C18H16N6O6S3. The molecule has 33 heavy (non-hydrogen) atoms. The zero-order valence-corrected chi connectivity index (χ0v) is 19.3. The fourth-order valence-electron chi connectivity index (χ4n) is 3.09. The van der Waals surface area contributed by atoms with E-state index in [1.54, 1.807) is 5.38 Å². The number of amides is 3. The van der Waals surface area contributed by atoms with Gasteiger partial charge < -0.3 is 20.6 Å². The number of carbonyl (C=O) groups is 4. The number of carboxylic acids is 1. The molecule has 2 aliphatic heterocycles. The van der Waals surface area contributed by atoms with Gasteiger partial charge in [0.2, 0.25) is 6.41 Å². The SMILES string of the molecule is Cc1nc(CON=C(C(=O)NC2C(=O)N3C(C(=O)O)=CCS[C@H]23)c2csc(NC=O)n2)cs1. The van der Waals surface area contributed by atoms with E-state index in [1.165, 1.54) is 34.6 Å². The Morgan fingerprint density at radius 3 is 2.88 bits per heavy atom. The lowest BCUT2D eigenvalue weighted by Crippen LogP contribution is -2.70. The van der Waals surface area contributed by atoms with Crippen molar-refractivity contribution < 1.29 is 29.1 Å². The molecule has 12 nitrogen and oxygen atoms in total. The Morgan fingerprint density at radius 2 is 2.18 bits per heavy atom. The molecule has 0 bridgehead atoms. The first-order valence-electron chi connectivity index (χ1n) is 9.35. The second-order valence-electron chi connectivity index (χ2n) is 6.65. The molecule has 1 unspecified atom stereocenters. The molecule has 0 radical (unpaired) electrons. The van der Waals surface area contributed by atoms with Crippen LogP contribution in [0.15, 0.2) is 27.7 Å². The van der Waals surface area contributed by atoms with Crippen LogP contribution in [0.4, 0.5) is 5.13 Å². The van der Waals surface area contributed by atoms with Crippen molar-refractivity contribution in [3.63, 3.8) is 0 Å². The van der Waals surface area contributed by atoms with Crippen LogP contribution >= 0.6 is 34.4 Å². The number of hydrogen-bond donors (Lipinski definition) is 3. The van der Waals surface area contributed by atoms with E-state index >= 15 is 0 Å². The smallest absolute Gasteiger partial charge is 0.352 e. The molecule has 2 aliphatic rings. The summed E-state index contributed by atoms with van der Waals surface area (Å²) in [5.41, 5.74) is 0.480. The van der Waals surface area contributed by atoms with Crippen LogP contribution in [0, 0.1) is 6.92 Å². The number of carbonyl (C=O) groups excluding carboxylic acids is 3. The molecule has 0 spiro atoms. The van der Waals surface area contributed by atoms with Crippen molar-refractivity contribution in [2.75, 3.05) is 11.1 Å². The number of aryl methyl sites for hydroxylation is 1. The molecule has 3 amide bonds. The zero-order valence-electron chi connectivity index (χ0n) is 16.9. The number of nitrogens with one attached hydrogen (secondary N) is 2. The van der Waals surface area contributed by atoms with E-state index < -0.39 is 29.2 Å². The van der Waals surface area contributed by atoms with E-state index in [4.69, 9.17) is 4.84 Å². The van der Waals surface area contributed by atoms with Gasteiger partial charge >= 0.3 is 5.97 Å². The highest BCUT2D eigenvalue weighted by Crippen LogP contribution is 2.37. The summed E-state index contributed by atoms with van der Waals surface area (Å²) < 4.78 is 0. The van der Waals surface area contributed by atoms with Gasteiger partial charge in [-0.15, -0.1) is 34.4 Å². The first-order valence-corrected chi connectivity index (χ1v) is 12.2. The maximum absolute atomic E-state index is 13.0. The Labute approximate surface area is 198 Å². The molecule has 1 fully saturated rings. The summed E-state index contributed by atoms with van der Waals surface area (Å²) in [5, 5.41) is 22.1. The van der Waals surface area contributed by atoms with Crippen molar-refractivity contribution in [3.8, 4) is 0 Å². The normalized spacial score (nSPS) is 19.8. The Morgan fingerprint density at radius 1 is 1.36 bits per heavy atom. The van der Waals surface area contributed by atoms with Crippen LogP contribution in [0.3, 0.4) is 0 Å². The average Bonchev–Trinajstić information content (AvgIpc) is 3.43. The highest BCUT2D eigenvalue weighted by Gasteiger charge is 2.53. The Kier molecular flexibility index (Phi) is 6.71. The molecule has 2 aromatic heterocycles. The van der Waals surface area contributed by atoms with E-state index in [-0.39, 0.29) is 28.8 Å². The first kappa shape index (κ1) is 22.9. The van der Waals surface area contributed by atoms with Gasteiger partial charge in [0.05, 0.1) is 10.7 Å². The molecule has 0 saturated carbocycles. The van der Waals surface area contributed by atoms with Crippen LogP contribution < -0.4 is 10.6 Å². The number of nitrogens with zero attached hydrogens (tertiary/aromatic N) is 4. The average molecular weight is 509 g/mol. The summed E-state index contributed by atoms with van der Waals surface area (Å²) in [4.78, 5) is 62.5. The predicted octanol–water partition coefficient (Wildman–Crippen LogP) is 0.766. The van der Waals surface area contributed by atoms with E-state index in [0.29, 0.717) is 17.9 Å². The Balaban J connectivity index is 1.51. The molecule has 15 heteroatoms. The number of thiazole rings is 2. The minimum atomic E-state index is -1.20. The van der Waals surface area contributed by atoms with Gasteiger partial charge in [-0.1, -0.05) is 5.16 Å². The number of aromatic nitrogens is 2. The fourth-order valence-corrected chi connectivity index (χ4v) is 5.54.